The van der Waals surface area contributed by atoms with E-state index in [1.807, 2.05) is 13.0 Å². The predicted molar refractivity (Wildman–Crippen MR) is 90.9 cm³/mol. The van der Waals surface area contributed by atoms with Crippen LogP contribution in [0.25, 0.3) is 0 Å². The fourth-order valence-corrected chi connectivity index (χ4v) is 2.01. The number of rotatable bonds is 5. The van der Waals surface area contributed by atoms with E-state index in [0.717, 1.165) is 5.56 Å². The molecule has 0 radical (unpaired) electrons. The highest BCUT2D eigenvalue weighted by atomic mass is 35.5. The molecule has 0 aliphatic rings. The highest BCUT2D eigenvalue weighted by molar-refractivity contribution is 6.31. The smallest absolute Gasteiger partial charge is 0.257 e. The highest BCUT2D eigenvalue weighted by Gasteiger charge is 2.11. The van der Waals surface area contributed by atoms with Crippen LogP contribution in [0.2, 0.25) is 5.02 Å². The second kappa shape index (κ2) is 7.56. The van der Waals surface area contributed by atoms with Crippen LogP contribution in [-0.2, 0) is 0 Å². The van der Waals surface area contributed by atoms with Crippen molar-refractivity contribution >= 4 is 29.1 Å². The number of benzene rings is 1. The predicted octanol–water partition coefficient (Wildman–Crippen LogP) is 3.21. The van der Waals surface area contributed by atoms with Gasteiger partial charge in [-0.1, -0.05) is 23.7 Å². The van der Waals surface area contributed by atoms with Crippen LogP contribution in [-0.4, -0.2) is 23.3 Å². The van der Waals surface area contributed by atoms with Gasteiger partial charge in [-0.15, -0.1) is 6.58 Å². The quantitative estimate of drug-likeness (QED) is 0.827. The summed E-state index contributed by atoms with van der Waals surface area (Å²) in [5.74, 6) is -0.679. The Morgan fingerprint density at radius 2 is 1.91 bits per heavy atom. The number of amides is 2. The van der Waals surface area contributed by atoms with Crippen molar-refractivity contribution in [3.63, 3.8) is 0 Å². The van der Waals surface area contributed by atoms with Crippen LogP contribution in [0.15, 0.2) is 49.3 Å². The molecular formula is C17H16ClN3O2. The molecule has 0 atom stereocenters. The molecule has 0 saturated carbocycles. The maximum absolute atomic E-state index is 12.3. The molecule has 6 heteroatoms. The van der Waals surface area contributed by atoms with Gasteiger partial charge in [0.1, 0.15) is 0 Å². The summed E-state index contributed by atoms with van der Waals surface area (Å²) in [6, 6.07) is 6.72. The van der Waals surface area contributed by atoms with Crippen LogP contribution in [0.3, 0.4) is 0 Å². The molecule has 2 rings (SSSR count). The van der Waals surface area contributed by atoms with Gasteiger partial charge in [-0.3, -0.25) is 14.6 Å². The fourth-order valence-electron chi connectivity index (χ4n) is 1.83. The molecule has 118 valence electrons. The van der Waals surface area contributed by atoms with Gasteiger partial charge in [-0.05, 0) is 30.7 Å². The molecule has 23 heavy (non-hydrogen) atoms. The summed E-state index contributed by atoms with van der Waals surface area (Å²) in [4.78, 5) is 28.1. The number of pyridine rings is 1. The van der Waals surface area contributed by atoms with Crippen molar-refractivity contribution in [1.29, 1.82) is 0 Å². The van der Waals surface area contributed by atoms with Gasteiger partial charge >= 0.3 is 0 Å². The van der Waals surface area contributed by atoms with Crippen LogP contribution in [0.5, 0.6) is 0 Å². The third-order valence-corrected chi connectivity index (χ3v) is 3.51. The second-order valence-electron chi connectivity index (χ2n) is 4.88. The largest absolute Gasteiger partial charge is 0.349 e. The Hall–Kier alpha value is -2.66. The van der Waals surface area contributed by atoms with Crippen LogP contribution in [0.4, 0.5) is 5.69 Å². The van der Waals surface area contributed by atoms with Crippen LogP contribution >= 0.6 is 11.6 Å². The maximum Gasteiger partial charge on any atom is 0.257 e. The Balaban J connectivity index is 2.14. The Morgan fingerprint density at radius 3 is 2.57 bits per heavy atom. The van der Waals surface area contributed by atoms with E-state index in [9.17, 15) is 9.59 Å². The number of anilines is 1. The average Bonchev–Trinajstić information content (AvgIpc) is 2.56. The zero-order valence-corrected chi connectivity index (χ0v) is 13.4. The number of hydrogen-bond donors (Lipinski definition) is 2. The van der Waals surface area contributed by atoms with Crippen molar-refractivity contribution in [3.8, 4) is 0 Å². The summed E-state index contributed by atoms with van der Waals surface area (Å²) >= 11 is 6.03. The van der Waals surface area contributed by atoms with E-state index in [0.29, 0.717) is 22.8 Å². The van der Waals surface area contributed by atoms with Gasteiger partial charge in [0.2, 0.25) is 0 Å². The van der Waals surface area contributed by atoms with Crippen LogP contribution < -0.4 is 10.6 Å². The third kappa shape index (κ3) is 4.40. The summed E-state index contributed by atoms with van der Waals surface area (Å²) in [7, 11) is 0. The number of hydrogen-bond acceptors (Lipinski definition) is 3. The molecule has 2 amide bonds. The van der Waals surface area contributed by atoms with Crippen molar-refractivity contribution in [1.82, 2.24) is 10.3 Å². The van der Waals surface area contributed by atoms with Crippen molar-refractivity contribution < 1.29 is 9.59 Å². The lowest BCUT2D eigenvalue weighted by molar-refractivity contribution is 0.0957. The van der Waals surface area contributed by atoms with E-state index < -0.39 is 0 Å². The monoisotopic (exact) mass is 329 g/mol. The number of nitrogens with zero attached hydrogens (tertiary/aromatic N) is 1. The standard InChI is InChI=1S/C17H16ClN3O2/c1-3-6-20-16(22)12-7-13(10-19-9-12)17(23)21-14-5-4-11(2)15(18)8-14/h3-5,7-10H,1,6H2,2H3,(H,20,22)(H,21,23). The zero-order chi connectivity index (χ0) is 16.8. The number of carbonyl (C=O) groups is 2. The van der Waals surface area contributed by atoms with E-state index in [1.54, 1.807) is 18.2 Å². The minimum Gasteiger partial charge on any atom is -0.349 e. The molecule has 0 spiro atoms. The van der Waals surface area contributed by atoms with Crippen LogP contribution in [0, 0.1) is 6.92 Å². The van der Waals surface area contributed by atoms with Gasteiger partial charge < -0.3 is 10.6 Å². The lowest BCUT2D eigenvalue weighted by atomic mass is 10.1. The van der Waals surface area contributed by atoms with Gasteiger partial charge in [-0.25, -0.2) is 0 Å². The van der Waals surface area contributed by atoms with Crippen molar-refractivity contribution in [3.05, 3.63) is 71.0 Å². The minimum atomic E-state index is -0.365. The lowest BCUT2D eigenvalue weighted by Gasteiger charge is -2.08. The number of carbonyl (C=O) groups excluding carboxylic acids is 2. The van der Waals surface area contributed by atoms with Gasteiger partial charge in [-0.2, -0.15) is 0 Å². The average molecular weight is 330 g/mol. The summed E-state index contributed by atoms with van der Waals surface area (Å²) in [6.45, 7) is 5.75. The van der Waals surface area contributed by atoms with E-state index in [4.69, 9.17) is 11.6 Å². The molecule has 1 heterocycles. The van der Waals surface area contributed by atoms with Gasteiger partial charge in [0.15, 0.2) is 0 Å². The Kier molecular flexibility index (Phi) is 5.49. The molecule has 0 saturated heterocycles. The molecular weight excluding hydrogens is 314 g/mol. The number of aryl methyl sites for hydroxylation is 1. The molecule has 1 aromatic heterocycles. The van der Waals surface area contributed by atoms with E-state index >= 15 is 0 Å². The molecule has 0 fully saturated rings. The lowest BCUT2D eigenvalue weighted by Crippen LogP contribution is -2.24. The van der Waals surface area contributed by atoms with Gasteiger partial charge in [0, 0.05) is 29.6 Å². The summed E-state index contributed by atoms with van der Waals surface area (Å²) in [5.41, 5.74) is 2.09. The Morgan fingerprint density at radius 1 is 1.22 bits per heavy atom. The highest BCUT2D eigenvalue weighted by Crippen LogP contribution is 2.20. The zero-order valence-electron chi connectivity index (χ0n) is 12.6. The molecule has 5 nitrogen and oxygen atoms in total. The Bertz CT molecular complexity index is 759. The molecule has 0 aliphatic carbocycles. The molecule has 1 aromatic carbocycles. The summed E-state index contributed by atoms with van der Waals surface area (Å²) in [5, 5.41) is 5.92. The van der Waals surface area contributed by atoms with Crippen molar-refractivity contribution in [2.45, 2.75) is 6.92 Å². The topological polar surface area (TPSA) is 71.1 Å². The first-order valence-corrected chi connectivity index (χ1v) is 7.30. The Labute approximate surface area is 139 Å². The van der Waals surface area contributed by atoms with Crippen molar-refractivity contribution in [2.24, 2.45) is 0 Å². The first-order chi connectivity index (χ1) is 11.0. The second-order valence-corrected chi connectivity index (χ2v) is 5.29. The number of aromatic nitrogens is 1. The summed E-state index contributed by atoms with van der Waals surface area (Å²) < 4.78 is 0. The van der Waals surface area contributed by atoms with Crippen LogP contribution in [0.1, 0.15) is 26.3 Å². The molecule has 0 unspecified atom stereocenters. The van der Waals surface area contributed by atoms with Crippen molar-refractivity contribution in [2.75, 3.05) is 11.9 Å². The molecule has 2 N–H and O–H groups in total. The minimum absolute atomic E-state index is 0.285. The normalized spacial score (nSPS) is 10.0. The van der Waals surface area contributed by atoms with Gasteiger partial charge in [0.25, 0.3) is 11.8 Å². The fraction of sp³-hybridized carbons (Fsp3) is 0.118. The first kappa shape index (κ1) is 16.7. The van der Waals surface area contributed by atoms with E-state index in [1.165, 1.54) is 18.5 Å². The maximum atomic E-state index is 12.3. The number of nitrogens with one attached hydrogen (secondary N) is 2. The number of halogens is 1. The SMILES string of the molecule is C=CCNC(=O)c1cncc(C(=O)Nc2ccc(C)c(Cl)c2)c1. The van der Waals surface area contributed by atoms with E-state index in [-0.39, 0.29) is 17.4 Å². The molecule has 0 aliphatic heterocycles. The van der Waals surface area contributed by atoms with E-state index in [2.05, 4.69) is 22.2 Å². The van der Waals surface area contributed by atoms with Gasteiger partial charge in [0.05, 0.1) is 11.1 Å². The molecule has 2 aromatic rings. The molecule has 0 bridgehead atoms. The first-order valence-electron chi connectivity index (χ1n) is 6.93. The summed E-state index contributed by atoms with van der Waals surface area (Å²) in [6.07, 6.45) is 4.37. The third-order valence-electron chi connectivity index (χ3n) is 3.10.